The highest BCUT2D eigenvalue weighted by molar-refractivity contribution is 4.73. The van der Waals surface area contributed by atoms with E-state index < -0.39 is 0 Å². The molecule has 1 unspecified atom stereocenters. The summed E-state index contributed by atoms with van der Waals surface area (Å²) in [6, 6.07) is 0. The first-order valence-electron chi connectivity index (χ1n) is 6.72. The van der Waals surface area contributed by atoms with Crippen molar-refractivity contribution in [2.45, 2.75) is 71.8 Å². The van der Waals surface area contributed by atoms with Gasteiger partial charge in [0.15, 0.2) is 0 Å². The van der Waals surface area contributed by atoms with Crippen LogP contribution in [0.5, 0.6) is 0 Å². The van der Waals surface area contributed by atoms with Gasteiger partial charge in [0.05, 0.1) is 0 Å². The average molecular weight is 211 g/mol. The first kappa shape index (κ1) is 13.0. The molecule has 1 fully saturated rings. The zero-order valence-corrected chi connectivity index (χ0v) is 11.1. The van der Waals surface area contributed by atoms with Gasteiger partial charge in [0.1, 0.15) is 0 Å². The molecule has 0 amide bonds. The molecule has 1 saturated carbocycles. The van der Waals surface area contributed by atoms with Gasteiger partial charge in [-0.15, -0.1) is 0 Å². The monoisotopic (exact) mass is 211 g/mol. The van der Waals surface area contributed by atoms with Crippen LogP contribution in [-0.4, -0.2) is 12.1 Å². The van der Waals surface area contributed by atoms with Gasteiger partial charge in [-0.25, -0.2) is 0 Å². The molecule has 0 aliphatic heterocycles. The van der Waals surface area contributed by atoms with Crippen molar-refractivity contribution in [3.63, 3.8) is 0 Å². The van der Waals surface area contributed by atoms with E-state index in [1.165, 1.54) is 45.1 Å². The summed E-state index contributed by atoms with van der Waals surface area (Å²) < 4.78 is 0. The summed E-state index contributed by atoms with van der Waals surface area (Å²) in [6.07, 6.45) is 8.77. The van der Waals surface area contributed by atoms with Gasteiger partial charge in [-0.3, -0.25) is 0 Å². The molecule has 1 heteroatoms. The standard InChI is InChI=1S/C14H29N/c1-12(9-10-15-14(2,3)4)11-13-7-5-6-8-13/h12-13,15H,5-11H2,1-4H3. The molecular formula is C14H29N. The van der Waals surface area contributed by atoms with Gasteiger partial charge in [0.2, 0.25) is 0 Å². The second-order valence-corrected chi connectivity index (χ2v) is 6.46. The highest BCUT2D eigenvalue weighted by Crippen LogP contribution is 2.30. The third-order valence-electron chi connectivity index (χ3n) is 3.50. The zero-order chi connectivity index (χ0) is 11.3. The molecule has 15 heavy (non-hydrogen) atoms. The van der Waals surface area contributed by atoms with Crippen molar-refractivity contribution in [2.24, 2.45) is 11.8 Å². The molecule has 1 atom stereocenters. The molecule has 0 aromatic carbocycles. The number of hydrogen-bond acceptors (Lipinski definition) is 1. The predicted octanol–water partition coefficient (Wildman–Crippen LogP) is 3.98. The van der Waals surface area contributed by atoms with Gasteiger partial charge in [-0.2, -0.15) is 0 Å². The van der Waals surface area contributed by atoms with E-state index in [9.17, 15) is 0 Å². The lowest BCUT2D eigenvalue weighted by Crippen LogP contribution is -2.36. The summed E-state index contributed by atoms with van der Waals surface area (Å²) >= 11 is 0. The minimum absolute atomic E-state index is 0.285. The summed E-state index contributed by atoms with van der Waals surface area (Å²) in [5.41, 5.74) is 0.285. The smallest absolute Gasteiger partial charge is 0.00965 e. The molecule has 0 heterocycles. The van der Waals surface area contributed by atoms with Crippen LogP contribution in [0.25, 0.3) is 0 Å². The first-order valence-corrected chi connectivity index (χ1v) is 6.72. The lowest BCUT2D eigenvalue weighted by molar-refractivity contribution is 0.347. The first-order chi connectivity index (χ1) is 6.97. The van der Waals surface area contributed by atoms with Gasteiger partial charge < -0.3 is 5.32 Å². The molecule has 0 spiro atoms. The van der Waals surface area contributed by atoms with Crippen LogP contribution >= 0.6 is 0 Å². The fourth-order valence-corrected chi connectivity index (χ4v) is 2.63. The van der Waals surface area contributed by atoms with E-state index in [1.807, 2.05) is 0 Å². The van der Waals surface area contributed by atoms with Crippen molar-refractivity contribution < 1.29 is 0 Å². The second kappa shape index (κ2) is 5.89. The second-order valence-electron chi connectivity index (χ2n) is 6.46. The van der Waals surface area contributed by atoms with Crippen LogP contribution in [-0.2, 0) is 0 Å². The van der Waals surface area contributed by atoms with Gasteiger partial charge >= 0.3 is 0 Å². The third-order valence-corrected chi connectivity index (χ3v) is 3.50. The van der Waals surface area contributed by atoms with Crippen LogP contribution in [0.1, 0.15) is 66.2 Å². The van der Waals surface area contributed by atoms with Crippen molar-refractivity contribution in [1.29, 1.82) is 0 Å². The molecule has 1 aliphatic carbocycles. The van der Waals surface area contributed by atoms with Crippen molar-refractivity contribution >= 4 is 0 Å². The Morgan fingerprint density at radius 2 is 1.80 bits per heavy atom. The molecule has 1 rings (SSSR count). The fourth-order valence-electron chi connectivity index (χ4n) is 2.63. The number of nitrogens with one attached hydrogen (secondary N) is 1. The van der Waals surface area contributed by atoms with Crippen molar-refractivity contribution in [1.82, 2.24) is 5.32 Å². The minimum atomic E-state index is 0.285. The van der Waals surface area contributed by atoms with Crippen molar-refractivity contribution in [2.75, 3.05) is 6.54 Å². The van der Waals surface area contributed by atoms with E-state index in [0.29, 0.717) is 0 Å². The van der Waals surface area contributed by atoms with Crippen LogP contribution in [0.3, 0.4) is 0 Å². The van der Waals surface area contributed by atoms with E-state index >= 15 is 0 Å². The van der Waals surface area contributed by atoms with Crippen LogP contribution < -0.4 is 5.32 Å². The predicted molar refractivity (Wildman–Crippen MR) is 68.1 cm³/mol. The highest BCUT2D eigenvalue weighted by Gasteiger charge is 2.18. The summed E-state index contributed by atoms with van der Waals surface area (Å²) in [5.74, 6) is 1.96. The Labute approximate surface area is 96.0 Å². The maximum Gasteiger partial charge on any atom is 0.00965 e. The van der Waals surface area contributed by atoms with E-state index in [-0.39, 0.29) is 5.54 Å². The summed E-state index contributed by atoms with van der Waals surface area (Å²) in [4.78, 5) is 0. The summed E-state index contributed by atoms with van der Waals surface area (Å²) in [5, 5.41) is 3.58. The van der Waals surface area contributed by atoms with Crippen LogP contribution in [0.4, 0.5) is 0 Å². The molecule has 0 radical (unpaired) electrons. The highest BCUT2D eigenvalue weighted by atomic mass is 14.9. The maximum atomic E-state index is 3.58. The minimum Gasteiger partial charge on any atom is -0.312 e. The summed E-state index contributed by atoms with van der Waals surface area (Å²) in [7, 11) is 0. The van der Waals surface area contributed by atoms with Crippen molar-refractivity contribution in [3.8, 4) is 0 Å². The van der Waals surface area contributed by atoms with E-state index in [2.05, 4.69) is 33.0 Å². The molecule has 1 aliphatic rings. The normalized spacial score (nSPS) is 20.8. The van der Waals surface area contributed by atoms with E-state index in [1.54, 1.807) is 0 Å². The molecular weight excluding hydrogens is 182 g/mol. The van der Waals surface area contributed by atoms with Gasteiger partial charge in [0, 0.05) is 5.54 Å². The lowest BCUT2D eigenvalue weighted by atomic mass is 9.92. The Hall–Kier alpha value is -0.0400. The third kappa shape index (κ3) is 6.19. The molecule has 90 valence electrons. The Balaban J connectivity index is 2.05. The van der Waals surface area contributed by atoms with Crippen LogP contribution in [0.15, 0.2) is 0 Å². The van der Waals surface area contributed by atoms with Gasteiger partial charge in [-0.05, 0) is 52.0 Å². The molecule has 0 bridgehead atoms. The molecule has 0 aromatic heterocycles. The van der Waals surface area contributed by atoms with Gasteiger partial charge in [-0.1, -0.05) is 32.6 Å². The zero-order valence-electron chi connectivity index (χ0n) is 11.1. The maximum absolute atomic E-state index is 3.58. The SMILES string of the molecule is CC(CCNC(C)(C)C)CC1CCCC1. The summed E-state index contributed by atoms with van der Waals surface area (Å²) in [6.45, 7) is 10.3. The quantitative estimate of drug-likeness (QED) is 0.725. The van der Waals surface area contributed by atoms with Gasteiger partial charge in [0.25, 0.3) is 0 Å². The van der Waals surface area contributed by atoms with Crippen molar-refractivity contribution in [3.05, 3.63) is 0 Å². The Morgan fingerprint density at radius 1 is 1.20 bits per heavy atom. The average Bonchev–Trinajstić information content (AvgIpc) is 2.54. The number of rotatable bonds is 5. The Kier molecular flexibility index (Phi) is 5.11. The fraction of sp³-hybridized carbons (Fsp3) is 1.00. The molecule has 0 aromatic rings. The van der Waals surface area contributed by atoms with E-state index in [0.717, 1.165) is 11.8 Å². The molecule has 0 saturated heterocycles. The largest absolute Gasteiger partial charge is 0.312 e. The Morgan fingerprint density at radius 3 is 2.33 bits per heavy atom. The molecule has 1 nitrogen and oxygen atoms in total. The molecule has 1 N–H and O–H groups in total. The van der Waals surface area contributed by atoms with Crippen LogP contribution in [0.2, 0.25) is 0 Å². The number of hydrogen-bond donors (Lipinski definition) is 1. The Bertz CT molecular complexity index is 163. The van der Waals surface area contributed by atoms with Crippen LogP contribution in [0, 0.1) is 11.8 Å². The van der Waals surface area contributed by atoms with E-state index in [4.69, 9.17) is 0 Å². The lowest BCUT2D eigenvalue weighted by Gasteiger charge is -2.22. The topological polar surface area (TPSA) is 12.0 Å².